The molecule has 0 radical (unpaired) electrons. The summed E-state index contributed by atoms with van der Waals surface area (Å²) in [5, 5.41) is 6.89. The van der Waals surface area contributed by atoms with E-state index in [1.165, 1.54) is 18.9 Å². The van der Waals surface area contributed by atoms with Crippen LogP contribution in [-0.2, 0) is 9.53 Å². The van der Waals surface area contributed by atoms with Crippen LogP contribution in [0.4, 0.5) is 11.6 Å². The van der Waals surface area contributed by atoms with E-state index in [1.807, 2.05) is 49.3 Å². The van der Waals surface area contributed by atoms with Gasteiger partial charge in [-0.2, -0.15) is 4.98 Å². The lowest BCUT2D eigenvalue weighted by Gasteiger charge is -2.13. The molecule has 8 nitrogen and oxygen atoms in total. The zero-order valence-electron chi connectivity index (χ0n) is 17.2. The summed E-state index contributed by atoms with van der Waals surface area (Å²) in [6.07, 6.45) is 1.62. The predicted molar refractivity (Wildman–Crippen MR) is 117 cm³/mol. The fourth-order valence-electron chi connectivity index (χ4n) is 2.67. The van der Waals surface area contributed by atoms with E-state index >= 15 is 0 Å². The van der Waals surface area contributed by atoms with E-state index in [0.29, 0.717) is 22.1 Å². The van der Waals surface area contributed by atoms with E-state index < -0.39 is 5.25 Å². The maximum atomic E-state index is 12.9. The summed E-state index contributed by atoms with van der Waals surface area (Å²) >= 11 is 1.28. The number of aromatic nitrogens is 3. The average molecular weight is 426 g/mol. The van der Waals surface area contributed by atoms with E-state index in [0.717, 1.165) is 5.69 Å². The minimum Gasteiger partial charge on any atom is -0.468 e. The molecule has 1 N–H and O–H groups in total. The number of nitrogens with zero attached hydrogens (tertiary/aromatic N) is 4. The van der Waals surface area contributed by atoms with Gasteiger partial charge in [-0.1, -0.05) is 18.2 Å². The highest BCUT2D eigenvalue weighted by molar-refractivity contribution is 8.00. The number of carbonyl (C=O) groups excluding carboxylic acids is 2. The third-order valence-corrected chi connectivity index (χ3v) is 5.37. The van der Waals surface area contributed by atoms with Gasteiger partial charge in [0.2, 0.25) is 5.95 Å². The van der Waals surface area contributed by atoms with Crippen molar-refractivity contribution in [2.24, 2.45) is 0 Å². The lowest BCUT2D eigenvalue weighted by molar-refractivity contribution is -0.139. The van der Waals surface area contributed by atoms with Crippen LogP contribution in [0.15, 0.2) is 59.8 Å². The first-order chi connectivity index (χ1) is 14.4. The molecule has 0 bridgehead atoms. The third-order valence-electron chi connectivity index (χ3n) is 4.22. The molecule has 1 amide bonds. The predicted octanol–water partition coefficient (Wildman–Crippen LogP) is 3.24. The van der Waals surface area contributed by atoms with E-state index in [9.17, 15) is 9.59 Å². The van der Waals surface area contributed by atoms with Crippen molar-refractivity contribution in [3.63, 3.8) is 0 Å². The van der Waals surface area contributed by atoms with Gasteiger partial charge in [0.15, 0.2) is 0 Å². The molecule has 0 saturated carbocycles. The third kappa shape index (κ3) is 4.98. The average Bonchev–Trinajstić information content (AvgIpc) is 3.24. The SMILES string of the molecule is COC(=O)[C@H](C)Sc1ccccc1C(=O)Nc1cccc(-n2cnc(N(C)C)n2)c1. The summed E-state index contributed by atoms with van der Waals surface area (Å²) in [4.78, 5) is 31.4. The van der Waals surface area contributed by atoms with Crippen LogP contribution in [-0.4, -0.2) is 53.1 Å². The molecule has 1 atom stereocenters. The second kappa shape index (κ2) is 9.45. The molecule has 3 rings (SSSR count). The van der Waals surface area contributed by atoms with Gasteiger partial charge in [0.25, 0.3) is 5.91 Å². The molecule has 1 heterocycles. The minimum absolute atomic E-state index is 0.264. The fourth-order valence-corrected chi connectivity index (χ4v) is 3.69. The van der Waals surface area contributed by atoms with Gasteiger partial charge in [0, 0.05) is 24.7 Å². The zero-order valence-corrected chi connectivity index (χ0v) is 18.0. The van der Waals surface area contributed by atoms with Crippen LogP contribution in [0.1, 0.15) is 17.3 Å². The number of thioether (sulfide) groups is 1. The van der Waals surface area contributed by atoms with Crippen LogP contribution in [0.5, 0.6) is 0 Å². The quantitative estimate of drug-likeness (QED) is 0.459. The number of anilines is 2. The Bertz CT molecular complexity index is 1050. The molecule has 0 saturated heterocycles. The Hall–Kier alpha value is -3.33. The first-order valence-corrected chi connectivity index (χ1v) is 10.1. The van der Waals surface area contributed by atoms with Crippen molar-refractivity contribution < 1.29 is 14.3 Å². The van der Waals surface area contributed by atoms with Crippen molar-refractivity contribution in [3.8, 4) is 5.69 Å². The van der Waals surface area contributed by atoms with E-state index in [2.05, 4.69) is 15.4 Å². The van der Waals surface area contributed by atoms with Gasteiger partial charge in [-0.3, -0.25) is 9.59 Å². The standard InChI is InChI=1S/C21H23N5O3S/c1-14(20(28)29-4)30-18-11-6-5-10-17(18)19(27)23-15-8-7-9-16(12-15)26-13-22-21(24-26)25(2)3/h5-14H,1-4H3,(H,23,27)/t14-/m0/s1. The summed E-state index contributed by atoms with van der Waals surface area (Å²) in [7, 11) is 5.08. The summed E-state index contributed by atoms with van der Waals surface area (Å²) in [5.41, 5.74) is 1.88. The molecule has 1 aromatic heterocycles. The molecule has 9 heteroatoms. The van der Waals surface area contributed by atoms with Crippen LogP contribution >= 0.6 is 11.8 Å². The molecule has 0 aliphatic heterocycles. The van der Waals surface area contributed by atoms with Crippen LogP contribution in [0.3, 0.4) is 0 Å². The van der Waals surface area contributed by atoms with Gasteiger partial charge in [0.1, 0.15) is 11.6 Å². The maximum absolute atomic E-state index is 12.9. The second-order valence-electron chi connectivity index (χ2n) is 6.67. The van der Waals surface area contributed by atoms with Gasteiger partial charge in [-0.15, -0.1) is 16.9 Å². The zero-order chi connectivity index (χ0) is 21.7. The summed E-state index contributed by atoms with van der Waals surface area (Å²) in [6, 6.07) is 14.5. The van der Waals surface area contributed by atoms with E-state index in [1.54, 1.807) is 36.1 Å². The summed E-state index contributed by atoms with van der Waals surface area (Å²) in [5.74, 6) is -0.0113. The van der Waals surface area contributed by atoms with Crippen LogP contribution < -0.4 is 10.2 Å². The lowest BCUT2D eigenvalue weighted by atomic mass is 10.2. The Morgan fingerprint density at radius 3 is 2.63 bits per heavy atom. The Morgan fingerprint density at radius 2 is 1.93 bits per heavy atom. The fraction of sp³-hybridized carbons (Fsp3) is 0.238. The number of rotatable bonds is 7. The first kappa shape index (κ1) is 21.4. The molecule has 0 aliphatic rings. The normalized spacial score (nSPS) is 11.6. The number of nitrogens with one attached hydrogen (secondary N) is 1. The van der Waals surface area contributed by atoms with Gasteiger partial charge < -0.3 is 15.0 Å². The van der Waals surface area contributed by atoms with Crippen molar-refractivity contribution in [2.45, 2.75) is 17.1 Å². The maximum Gasteiger partial charge on any atom is 0.318 e. The number of carbonyl (C=O) groups is 2. The highest BCUT2D eigenvalue weighted by Gasteiger charge is 2.19. The largest absolute Gasteiger partial charge is 0.468 e. The Kier molecular flexibility index (Phi) is 6.73. The van der Waals surface area contributed by atoms with Crippen molar-refractivity contribution in [1.29, 1.82) is 0 Å². The number of amides is 1. The Balaban J connectivity index is 1.79. The number of benzene rings is 2. The van der Waals surface area contributed by atoms with Crippen LogP contribution in [0.2, 0.25) is 0 Å². The van der Waals surface area contributed by atoms with Gasteiger partial charge >= 0.3 is 5.97 Å². The molecule has 0 unspecified atom stereocenters. The molecular formula is C21H23N5O3S. The van der Waals surface area contributed by atoms with Crippen molar-refractivity contribution in [1.82, 2.24) is 14.8 Å². The first-order valence-electron chi connectivity index (χ1n) is 9.23. The molecule has 0 fully saturated rings. The van der Waals surface area contributed by atoms with E-state index in [4.69, 9.17) is 4.74 Å². The highest BCUT2D eigenvalue weighted by Crippen LogP contribution is 2.28. The highest BCUT2D eigenvalue weighted by atomic mass is 32.2. The van der Waals surface area contributed by atoms with Crippen LogP contribution in [0.25, 0.3) is 5.69 Å². The molecule has 156 valence electrons. The topological polar surface area (TPSA) is 89.3 Å². The number of hydrogen-bond donors (Lipinski definition) is 1. The second-order valence-corrected chi connectivity index (χ2v) is 8.05. The van der Waals surface area contributed by atoms with Gasteiger partial charge in [0.05, 0.1) is 18.4 Å². The van der Waals surface area contributed by atoms with Crippen molar-refractivity contribution >= 4 is 35.3 Å². The minimum atomic E-state index is -0.425. The number of methoxy groups -OCH3 is 1. The Morgan fingerprint density at radius 1 is 1.17 bits per heavy atom. The monoisotopic (exact) mass is 425 g/mol. The number of hydrogen-bond acceptors (Lipinski definition) is 7. The summed E-state index contributed by atoms with van der Waals surface area (Å²) in [6.45, 7) is 1.74. The lowest BCUT2D eigenvalue weighted by Crippen LogP contribution is -2.17. The molecule has 0 spiro atoms. The molecule has 30 heavy (non-hydrogen) atoms. The van der Waals surface area contributed by atoms with Crippen LogP contribution in [0, 0.1) is 0 Å². The molecule has 3 aromatic rings. The number of ether oxygens (including phenoxy) is 1. The summed E-state index contributed by atoms with van der Waals surface area (Å²) < 4.78 is 6.42. The molecular weight excluding hydrogens is 402 g/mol. The molecule has 0 aliphatic carbocycles. The van der Waals surface area contributed by atoms with Crippen molar-refractivity contribution in [2.75, 3.05) is 31.4 Å². The number of esters is 1. The Labute approximate surface area is 179 Å². The van der Waals surface area contributed by atoms with Gasteiger partial charge in [-0.25, -0.2) is 4.68 Å². The smallest absolute Gasteiger partial charge is 0.318 e. The van der Waals surface area contributed by atoms with Gasteiger partial charge in [-0.05, 0) is 37.3 Å². The molecule has 2 aromatic carbocycles. The van der Waals surface area contributed by atoms with Crippen molar-refractivity contribution in [3.05, 3.63) is 60.4 Å². The van der Waals surface area contributed by atoms with E-state index in [-0.39, 0.29) is 11.9 Å².